The minimum atomic E-state index is -1.34. The number of nitro benzene ring substituents is 1. The summed E-state index contributed by atoms with van der Waals surface area (Å²) < 4.78 is 32.1. The fraction of sp³-hybridized carbons (Fsp3) is 0.200. The molecule has 0 unspecified atom stereocenters. The first kappa shape index (κ1) is 13.3. The van der Waals surface area contributed by atoms with Crippen LogP contribution in [0, 0.1) is 21.7 Å². The van der Waals surface area contributed by atoms with Crippen molar-refractivity contribution < 1.29 is 18.2 Å². The molecule has 0 aliphatic carbocycles. The zero-order chi connectivity index (χ0) is 14.0. The lowest BCUT2D eigenvalue weighted by Crippen LogP contribution is -1.99. The highest BCUT2D eigenvalue weighted by atomic mass is 35.5. The molecule has 1 aromatic carbocycles. The van der Waals surface area contributed by atoms with Gasteiger partial charge in [0, 0.05) is 18.4 Å². The van der Waals surface area contributed by atoms with Crippen LogP contribution in [-0.4, -0.2) is 20.9 Å². The summed E-state index contributed by atoms with van der Waals surface area (Å²) >= 11 is 5.46. The highest BCUT2D eigenvalue weighted by Crippen LogP contribution is 2.29. The van der Waals surface area contributed by atoms with Crippen LogP contribution in [0.1, 0.15) is 5.89 Å². The minimum absolute atomic E-state index is 0.0929. The quantitative estimate of drug-likeness (QED) is 0.491. The topological polar surface area (TPSA) is 82.1 Å². The van der Waals surface area contributed by atoms with Gasteiger partial charge in [0.25, 0.3) is 0 Å². The smallest absolute Gasteiger partial charge is 0.305 e. The van der Waals surface area contributed by atoms with E-state index in [4.69, 9.17) is 16.1 Å². The van der Waals surface area contributed by atoms with E-state index in [2.05, 4.69) is 10.1 Å². The van der Waals surface area contributed by atoms with Crippen LogP contribution in [0.5, 0.6) is 0 Å². The molecule has 2 aromatic rings. The van der Waals surface area contributed by atoms with Crippen molar-refractivity contribution in [3.8, 4) is 11.4 Å². The molecule has 0 saturated carbocycles. The van der Waals surface area contributed by atoms with Gasteiger partial charge in [-0.2, -0.15) is 9.37 Å². The molecule has 2 rings (SSSR count). The lowest BCUT2D eigenvalue weighted by molar-refractivity contribution is -0.387. The highest BCUT2D eigenvalue weighted by molar-refractivity contribution is 6.17. The summed E-state index contributed by atoms with van der Waals surface area (Å²) in [5.74, 6) is -2.46. The van der Waals surface area contributed by atoms with Crippen LogP contribution in [0.15, 0.2) is 16.7 Å². The maximum Gasteiger partial charge on any atom is 0.305 e. The molecular formula is C10H6ClF2N3O3. The molecule has 0 fully saturated rings. The number of halogens is 3. The van der Waals surface area contributed by atoms with Crippen LogP contribution < -0.4 is 0 Å². The molecule has 0 bridgehead atoms. The van der Waals surface area contributed by atoms with Crippen LogP contribution in [0.4, 0.5) is 14.5 Å². The highest BCUT2D eigenvalue weighted by Gasteiger charge is 2.25. The van der Waals surface area contributed by atoms with Crippen molar-refractivity contribution in [2.45, 2.75) is 6.42 Å². The van der Waals surface area contributed by atoms with Gasteiger partial charge >= 0.3 is 5.69 Å². The monoisotopic (exact) mass is 289 g/mol. The Morgan fingerprint density at radius 2 is 2.16 bits per heavy atom. The molecule has 6 nitrogen and oxygen atoms in total. The Bertz CT molecular complexity index is 632. The first-order chi connectivity index (χ1) is 9.04. The molecule has 0 N–H and O–H groups in total. The third kappa shape index (κ3) is 2.53. The molecule has 1 aromatic heterocycles. The number of aromatic nitrogens is 2. The van der Waals surface area contributed by atoms with Gasteiger partial charge < -0.3 is 4.52 Å². The Labute approximate surface area is 110 Å². The van der Waals surface area contributed by atoms with Gasteiger partial charge in [-0.1, -0.05) is 5.16 Å². The molecule has 0 atom stereocenters. The van der Waals surface area contributed by atoms with Crippen LogP contribution >= 0.6 is 11.6 Å². The van der Waals surface area contributed by atoms with Crippen LogP contribution in [-0.2, 0) is 6.42 Å². The summed E-state index contributed by atoms with van der Waals surface area (Å²) in [5.41, 5.74) is -1.56. The Morgan fingerprint density at radius 3 is 2.79 bits per heavy atom. The van der Waals surface area contributed by atoms with E-state index in [-0.39, 0.29) is 24.0 Å². The van der Waals surface area contributed by atoms with Gasteiger partial charge in [0.15, 0.2) is 0 Å². The summed E-state index contributed by atoms with van der Waals surface area (Å²) in [4.78, 5) is 13.4. The van der Waals surface area contributed by atoms with E-state index >= 15 is 0 Å². The van der Waals surface area contributed by atoms with Crippen LogP contribution in [0.2, 0.25) is 0 Å². The van der Waals surface area contributed by atoms with Crippen LogP contribution in [0.3, 0.4) is 0 Å². The third-order valence-electron chi connectivity index (χ3n) is 2.27. The molecule has 0 spiro atoms. The molecule has 9 heteroatoms. The van der Waals surface area contributed by atoms with E-state index in [9.17, 15) is 18.9 Å². The Balaban J connectivity index is 2.53. The van der Waals surface area contributed by atoms with E-state index in [0.29, 0.717) is 0 Å². The predicted molar refractivity (Wildman–Crippen MR) is 60.7 cm³/mol. The molecule has 100 valence electrons. The van der Waals surface area contributed by atoms with E-state index in [1.807, 2.05) is 0 Å². The number of alkyl halides is 1. The molecule has 0 saturated heterocycles. The number of aryl methyl sites for hydroxylation is 1. The maximum atomic E-state index is 13.8. The largest absolute Gasteiger partial charge is 0.339 e. The number of rotatable bonds is 4. The minimum Gasteiger partial charge on any atom is -0.339 e. The summed E-state index contributed by atoms with van der Waals surface area (Å²) in [6, 6.07) is 1.50. The van der Waals surface area contributed by atoms with Gasteiger partial charge in [-0.15, -0.1) is 11.6 Å². The van der Waals surface area contributed by atoms with Crippen molar-refractivity contribution in [3.05, 3.63) is 39.8 Å². The number of benzene rings is 1. The van der Waals surface area contributed by atoms with Crippen molar-refractivity contribution in [2.75, 3.05) is 5.88 Å². The van der Waals surface area contributed by atoms with Gasteiger partial charge in [0.1, 0.15) is 11.4 Å². The van der Waals surface area contributed by atoms with Gasteiger partial charge in [0.2, 0.25) is 17.5 Å². The van der Waals surface area contributed by atoms with Crippen molar-refractivity contribution >= 4 is 17.3 Å². The third-order valence-corrected chi connectivity index (χ3v) is 2.46. The average molecular weight is 290 g/mol. The van der Waals surface area contributed by atoms with Crippen LogP contribution in [0.25, 0.3) is 11.4 Å². The SMILES string of the molecule is O=[N+]([O-])c1ccc(F)c(-c2noc(CCCl)n2)c1F. The predicted octanol–water partition coefficient (Wildman–Crippen LogP) is 2.70. The molecule has 0 aliphatic rings. The second kappa shape index (κ2) is 5.27. The molecule has 19 heavy (non-hydrogen) atoms. The normalized spacial score (nSPS) is 10.7. The lowest BCUT2D eigenvalue weighted by Gasteiger charge is -2.00. The fourth-order valence-corrected chi connectivity index (χ4v) is 1.59. The molecule has 0 amide bonds. The molecule has 0 aliphatic heterocycles. The molecule has 0 radical (unpaired) electrons. The van der Waals surface area contributed by atoms with Gasteiger partial charge in [-0.3, -0.25) is 10.1 Å². The Kier molecular flexibility index (Phi) is 3.70. The van der Waals surface area contributed by atoms with Crippen molar-refractivity contribution in [1.29, 1.82) is 0 Å². The van der Waals surface area contributed by atoms with Gasteiger partial charge in [0.05, 0.1) is 4.92 Å². The summed E-state index contributed by atoms with van der Waals surface area (Å²) in [5, 5.41) is 14.0. The second-order valence-corrected chi connectivity index (χ2v) is 3.84. The zero-order valence-corrected chi connectivity index (χ0v) is 10.0. The van der Waals surface area contributed by atoms with E-state index < -0.39 is 27.8 Å². The van der Waals surface area contributed by atoms with Crippen molar-refractivity contribution in [3.63, 3.8) is 0 Å². The first-order valence-corrected chi connectivity index (χ1v) is 5.59. The summed E-state index contributed by atoms with van der Waals surface area (Å²) in [6.07, 6.45) is 0.229. The number of nitro groups is 1. The van der Waals surface area contributed by atoms with Gasteiger partial charge in [-0.05, 0) is 6.07 Å². The average Bonchev–Trinajstić information content (AvgIpc) is 2.77. The number of hydrogen-bond donors (Lipinski definition) is 0. The Hall–Kier alpha value is -2.09. The number of nitrogens with zero attached hydrogens (tertiary/aromatic N) is 3. The molecular weight excluding hydrogens is 284 g/mol. The van der Waals surface area contributed by atoms with E-state index in [0.717, 1.165) is 12.1 Å². The summed E-state index contributed by atoms with van der Waals surface area (Å²) in [7, 11) is 0. The Morgan fingerprint density at radius 1 is 1.42 bits per heavy atom. The standard InChI is InChI=1S/C10H6ClF2N3O3/c11-4-3-7-14-10(15-19-7)8-5(12)1-2-6(9(8)13)16(17)18/h1-2H,3-4H2. The van der Waals surface area contributed by atoms with Crippen molar-refractivity contribution in [2.24, 2.45) is 0 Å². The first-order valence-electron chi connectivity index (χ1n) is 5.06. The summed E-state index contributed by atoms with van der Waals surface area (Å²) in [6.45, 7) is 0. The lowest BCUT2D eigenvalue weighted by atomic mass is 10.1. The van der Waals surface area contributed by atoms with Gasteiger partial charge in [-0.25, -0.2) is 4.39 Å². The number of hydrogen-bond acceptors (Lipinski definition) is 5. The molecule has 1 heterocycles. The second-order valence-electron chi connectivity index (χ2n) is 3.46. The van der Waals surface area contributed by atoms with Crippen molar-refractivity contribution in [1.82, 2.24) is 10.1 Å². The fourth-order valence-electron chi connectivity index (χ4n) is 1.43. The van der Waals surface area contributed by atoms with E-state index in [1.165, 1.54) is 0 Å². The maximum absolute atomic E-state index is 13.8. The zero-order valence-electron chi connectivity index (χ0n) is 9.27. The van der Waals surface area contributed by atoms with E-state index in [1.54, 1.807) is 0 Å².